The molecule has 1 saturated carbocycles. The lowest BCUT2D eigenvalue weighted by Gasteiger charge is -2.28. The average Bonchev–Trinajstić information content (AvgIpc) is 2.48. The third kappa shape index (κ3) is 3.16. The first-order valence-corrected chi connectivity index (χ1v) is 7.42. The number of rotatable bonds is 2. The van der Waals surface area contributed by atoms with Gasteiger partial charge in [0.05, 0.1) is 5.52 Å². The number of para-hydroxylation sites is 1. The number of nitrogens with two attached hydrogens (primary N) is 1. The van der Waals surface area contributed by atoms with E-state index in [9.17, 15) is 13.2 Å². The SMILES string of the molecule is NC1CCC(Nc2cc(C(F)(F)F)nc3ccccc23)CC1. The second-order valence-corrected chi connectivity index (χ2v) is 5.83. The van der Waals surface area contributed by atoms with Crippen molar-refractivity contribution in [2.45, 2.75) is 43.9 Å². The molecule has 1 aliphatic rings. The Morgan fingerprint density at radius 2 is 1.77 bits per heavy atom. The van der Waals surface area contributed by atoms with Crippen LogP contribution in [0.3, 0.4) is 0 Å². The highest BCUT2D eigenvalue weighted by atomic mass is 19.4. The average molecular weight is 309 g/mol. The Bertz CT molecular complexity index is 661. The molecular weight excluding hydrogens is 291 g/mol. The first-order chi connectivity index (χ1) is 10.4. The van der Waals surface area contributed by atoms with Gasteiger partial charge in [-0.3, -0.25) is 0 Å². The van der Waals surface area contributed by atoms with Gasteiger partial charge in [0.1, 0.15) is 5.69 Å². The van der Waals surface area contributed by atoms with Crippen LogP contribution >= 0.6 is 0 Å². The van der Waals surface area contributed by atoms with Crippen molar-refractivity contribution < 1.29 is 13.2 Å². The van der Waals surface area contributed by atoms with Gasteiger partial charge in [0, 0.05) is 23.2 Å². The normalized spacial score (nSPS) is 22.7. The van der Waals surface area contributed by atoms with Gasteiger partial charge in [-0.15, -0.1) is 0 Å². The van der Waals surface area contributed by atoms with E-state index >= 15 is 0 Å². The number of aromatic nitrogens is 1. The van der Waals surface area contributed by atoms with Crippen molar-refractivity contribution >= 4 is 16.6 Å². The van der Waals surface area contributed by atoms with Gasteiger partial charge in [-0.2, -0.15) is 13.2 Å². The van der Waals surface area contributed by atoms with Crippen LogP contribution < -0.4 is 11.1 Å². The van der Waals surface area contributed by atoms with Crippen molar-refractivity contribution in [3.05, 3.63) is 36.0 Å². The quantitative estimate of drug-likeness (QED) is 0.883. The smallest absolute Gasteiger partial charge is 0.382 e. The molecule has 0 spiro atoms. The standard InChI is InChI=1S/C16H18F3N3/c17-16(18,19)15-9-14(12-3-1-2-4-13(12)22-15)21-11-7-5-10(20)6-8-11/h1-4,9-11H,5-8,20H2,(H,21,22). The summed E-state index contributed by atoms with van der Waals surface area (Å²) in [6.45, 7) is 0. The van der Waals surface area contributed by atoms with Crippen LogP contribution in [0.2, 0.25) is 0 Å². The molecule has 0 radical (unpaired) electrons. The highest BCUT2D eigenvalue weighted by Gasteiger charge is 2.33. The highest BCUT2D eigenvalue weighted by molar-refractivity contribution is 5.91. The number of benzene rings is 1. The summed E-state index contributed by atoms with van der Waals surface area (Å²) in [6, 6.07) is 8.37. The summed E-state index contributed by atoms with van der Waals surface area (Å²) in [5.41, 5.74) is 5.87. The van der Waals surface area contributed by atoms with Gasteiger partial charge in [0.25, 0.3) is 0 Å². The lowest BCUT2D eigenvalue weighted by Crippen LogP contribution is -2.32. The molecule has 118 valence electrons. The van der Waals surface area contributed by atoms with Crippen LogP contribution in [0.15, 0.2) is 30.3 Å². The predicted molar refractivity (Wildman–Crippen MR) is 80.6 cm³/mol. The fourth-order valence-corrected chi connectivity index (χ4v) is 2.92. The molecule has 1 aromatic carbocycles. The van der Waals surface area contributed by atoms with Crippen LogP contribution in [0, 0.1) is 0 Å². The van der Waals surface area contributed by atoms with Crippen LogP contribution in [0.5, 0.6) is 0 Å². The fraction of sp³-hybridized carbons (Fsp3) is 0.438. The molecule has 0 amide bonds. The zero-order valence-corrected chi connectivity index (χ0v) is 12.0. The van der Waals surface area contributed by atoms with Crippen molar-refractivity contribution in [3.63, 3.8) is 0 Å². The van der Waals surface area contributed by atoms with E-state index in [1.165, 1.54) is 0 Å². The second-order valence-electron chi connectivity index (χ2n) is 5.83. The summed E-state index contributed by atoms with van der Waals surface area (Å²) >= 11 is 0. The van der Waals surface area contributed by atoms with Gasteiger partial charge < -0.3 is 11.1 Å². The zero-order valence-electron chi connectivity index (χ0n) is 12.0. The van der Waals surface area contributed by atoms with Crippen LogP contribution in [-0.4, -0.2) is 17.1 Å². The molecule has 2 aromatic rings. The van der Waals surface area contributed by atoms with Crippen LogP contribution in [-0.2, 0) is 6.18 Å². The van der Waals surface area contributed by atoms with Gasteiger partial charge in [0.2, 0.25) is 0 Å². The van der Waals surface area contributed by atoms with Gasteiger partial charge in [-0.25, -0.2) is 4.98 Å². The lowest BCUT2D eigenvalue weighted by molar-refractivity contribution is -0.140. The molecule has 22 heavy (non-hydrogen) atoms. The molecule has 3 rings (SSSR count). The summed E-state index contributed by atoms with van der Waals surface area (Å²) < 4.78 is 39.1. The summed E-state index contributed by atoms with van der Waals surface area (Å²) in [4.78, 5) is 3.73. The first-order valence-electron chi connectivity index (χ1n) is 7.42. The first kappa shape index (κ1) is 15.1. The van der Waals surface area contributed by atoms with Crippen LogP contribution in [0.4, 0.5) is 18.9 Å². The largest absolute Gasteiger partial charge is 0.433 e. The number of nitrogens with one attached hydrogen (secondary N) is 1. The monoisotopic (exact) mass is 309 g/mol. The fourth-order valence-electron chi connectivity index (χ4n) is 2.92. The summed E-state index contributed by atoms with van der Waals surface area (Å²) in [6.07, 6.45) is -0.909. The maximum absolute atomic E-state index is 13.0. The van der Waals surface area contributed by atoms with Gasteiger partial charge in [-0.1, -0.05) is 18.2 Å². The van der Waals surface area contributed by atoms with E-state index in [0.717, 1.165) is 31.7 Å². The molecule has 0 saturated heterocycles. The Balaban J connectivity index is 1.96. The molecule has 3 N–H and O–H groups in total. The number of halogens is 3. The Hall–Kier alpha value is -1.82. The van der Waals surface area contributed by atoms with Gasteiger partial charge in [-0.05, 0) is 37.8 Å². The predicted octanol–water partition coefficient (Wildman–Crippen LogP) is 3.94. The topological polar surface area (TPSA) is 50.9 Å². The van der Waals surface area contributed by atoms with E-state index in [1.807, 2.05) is 0 Å². The maximum atomic E-state index is 13.0. The van der Waals surface area contributed by atoms with E-state index < -0.39 is 11.9 Å². The number of nitrogens with zero attached hydrogens (tertiary/aromatic N) is 1. The van der Waals surface area contributed by atoms with E-state index in [2.05, 4.69) is 10.3 Å². The maximum Gasteiger partial charge on any atom is 0.433 e. The third-order valence-electron chi connectivity index (χ3n) is 4.14. The molecule has 0 bridgehead atoms. The number of pyridine rings is 1. The highest BCUT2D eigenvalue weighted by Crippen LogP contribution is 2.34. The van der Waals surface area contributed by atoms with Crippen LogP contribution in [0.25, 0.3) is 10.9 Å². The van der Waals surface area contributed by atoms with E-state index in [0.29, 0.717) is 16.6 Å². The van der Waals surface area contributed by atoms with Gasteiger partial charge in [0.15, 0.2) is 0 Å². The van der Waals surface area contributed by atoms with Gasteiger partial charge >= 0.3 is 6.18 Å². The number of anilines is 1. The summed E-state index contributed by atoms with van der Waals surface area (Å²) in [5.74, 6) is 0. The number of hydrogen-bond donors (Lipinski definition) is 2. The van der Waals surface area contributed by atoms with Crippen molar-refractivity contribution in [3.8, 4) is 0 Å². The molecule has 1 heterocycles. The summed E-state index contributed by atoms with van der Waals surface area (Å²) in [7, 11) is 0. The molecule has 3 nitrogen and oxygen atoms in total. The number of fused-ring (bicyclic) bond motifs is 1. The molecule has 0 unspecified atom stereocenters. The molecule has 1 fully saturated rings. The Labute approximate surface area is 126 Å². The molecule has 6 heteroatoms. The molecule has 1 aromatic heterocycles. The van der Waals surface area contributed by atoms with Crippen molar-refractivity contribution in [2.75, 3.05) is 5.32 Å². The zero-order chi connectivity index (χ0) is 15.7. The Kier molecular flexibility index (Phi) is 3.95. The molecule has 0 aliphatic heterocycles. The number of alkyl halides is 3. The van der Waals surface area contributed by atoms with E-state index in [1.54, 1.807) is 24.3 Å². The molecular formula is C16H18F3N3. The van der Waals surface area contributed by atoms with Crippen LogP contribution in [0.1, 0.15) is 31.4 Å². The molecule has 1 aliphatic carbocycles. The summed E-state index contributed by atoms with van der Waals surface area (Å²) in [5, 5.41) is 3.97. The minimum atomic E-state index is -4.45. The Morgan fingerprint density at radius 1 is 1.09 bits per heavy atom. The number of hydrogen-bond acceptors (Lipinski definition) is 3. The van der Waals surface area contributed by atoms with Crippen molar-refractivity contribution in [1.29, 1.82) is 0 Å². The van der Waals surface area contributed by atoms with Crippen molar-refractivity contribution in [2.24, 2.45) is 5.73 Å². The minimum Gasteiger partial charge on any atom is -0.382 e. The minimum absolute atomic E-state index is 0.159. The lowest BCUT2D eigenvalue weighted by atomic mass is 9.91. The Morgan fingerprint density at radius 3 is 2.45 bits per heavy atom. The van der Waals surface area contributed by atoms with Crippen molar-refractivity contribution in [1.82, 2.24) is 4.98 Å². The van der Waals surface area contributed by atoms with E-state index in [-0.39, 0.29) is 12.1 Å². The third-order valence-corrected chi connectivity index (χ3v) is 4.14. The molecule has 0 atom stereocenters. The second kappa shape index (κ2) is 5.76. The van der Waals surface area contributed by atoms with E-state index in [4.69, 9.17) is 5.73 Å².